The number of benzene rings is 1. The molecule has 0 radical (unpaired) electrons. The number of nitrogen functional groups attached to an aromatic ring is 1. The van der Waals surface area contributed by atoms with Crippen LogP contribution in [0.3, 0.4) is 0 Å². The zero-order valence-electron chi connectivity index (χ0n) is 9.30. The van der Waals surface area contributed by atoms with Crippen LogP contribution in [-0.2, 0) is 9.59 Å². The van der Waals surface area contributed by atoms with Gasteiger partial charge in [0.1, 0.15) is 0 Å². The summed E-state index contributed by atoms with van der Waals surface area (Å²) in [5.41, 5.74) is 6.78. The molecule has 0 bridgehead atoms. The number of nitriles is 1. The maximum atomic E-state index is 11.8. The third kappa shape index (κ3) is 1.74. The maximum absolute atomic E-state index is 11.8. The van der Waals surface area contributed by atoms with Crippen LogP contribution < -0.4 is 10.6 Å². The fraction of sp³-hybridized carbons (Fsp3) is 0.250. The predicted molar refractivity (Wildman–Crippen MR) is 61.8 cm³/mol. The van der Waals surface area contributed by atoms with Gasteiger partial charge in [-0.05, 0) is 18.2 Å². The second-order valence-corrected chi connectivity index (χ2v) is 4.06. The van der Waals surface area contributed by atoms with Crippen molar-refractivity contribution in [3.05, 3.63) is 23.8 Å². The van der Waals surface area contributed by atoms with Crippen molar-refractivity contribution in [2.75, 3.05) is 10.6 Å². The van der Waals surface area contributed by atoms with E-state index in [1.165, 1.54) is 18.2 Å². The Kier molecular flexibility index (Phi) is 2.56. The fourth-order valence-corrected chi connectivity index (χ4v) is 1.86. The quantitative estimate of drug-likeness (QED) is 0.575. The highest BCUT2D eigenvalue weighted by Gasteiger charge is 2.37. The van der Waals surface area contributed by atoms with Crippen molar-refractivity contribution in [3.8, 4) is 6.07 Å². The molecule has 2 N–H and O–H groups in total. The van der Waals surface area contributed by atoms with Gasteiger partial charge in [0.25, 0.3) is 0 Å². The lowest BCUT2D eigenvalue weighted by Gasteiger charge is -2.16. The normalized spacial score (nSPS) is 19.5. The molecule has 0 aliphatic carbocycles. The molecule has 1 aliphatic heterocycles. The third-order valence-electron chi connectivity index (χ3n) is 2.77. The van der Waals surface area contributed by atoms with Crippen molar-refractivity contribution in [3.63, 3.8) is 0 Å². The lowest BCUT2D eigenvalue weighted by atomic mass is 10.1. The van der Waals surface area contributed by atoms with Crippen molar-refractivity contribution >= 4 is 23.2 Å². The molecule has 5 nitrogen and oxygen atoms in total. The van der Waals surface area contributed by atoms with Gasteiger partial charge in [0.05, 0.1) is 23.0 Å². The highest BCUT2D eigenvalue weighted by molar-refractivity contribution is 6.22. The van der Waals surface area contributed by atoms with Crippen molar-refractivity contribution < 1.29 is 9.59 Å². The van der Waals surface area contributed by atoms with Gasteiger partial charge in [-0.3, -0.25) is 9.59 Å². The summed E-state index contributed by atoms with van der Waals surface area (Å²) >= 11 is 0. The summed E-state index contributed by atoms with van der Waals surface area (Å²) in [6, 6.07) is 6.47. The van der Waals surface area contributed by atoms with Gasteiger partial charge in [0.2, 0.25) is 11.8 Å². The second kappa shape index (κ2) is 3.91. The standard InChI is InChI=1S/C12H11N3O2/c1-7-4-11(16)15(12(7)17)10-3-2-8(6-13)5-9(10)14/h2-3,5,7H,4,14H2,1H3. The van der Waals surface area contributed by atoms with Crippen molar-refractivity contribution in [2.45, 2.75) is 13.3 Å². The minimum Gasteiger partial charge on any atom is -0.397 e. The Balaban J connectivity index is 2.45. The zero-order valence-corrected chi connectivity index (χ0v) is 9.30. The van der Waals surface area contributed by atoms with Gasteiger partial charge in [-0.25, -0.2) is 4.90 Å². The second-order valence-electron chi connectivity index (χ2n) is 4.06. The number of hydrogen-bond donors (Lipinski definition) is 1. The molecule has 2 amide bonds. The number of rotatable bonds is 1. The van der Waals surface area contributed by atoms with E-state index >= 15 is 0 Å². The van der Waals surface area contributed by atoms with E-state index in [0.717, 1.165) is 4.90 Å². The Hall–Kier alpha value is -2.35. The Morgan fingerprint density at radius 2 is 2.18 bits per heavy atom. The first-order valence-corrected chi connectivity index (χ1v) is 5.21. The summed E-state index contributed by atoms with van der Waals surface area (Å²) in [5.74, 6) is -0.803. The van der Waals surface area contributed by atoms with E-state index in [1.54, 1.807) is 6.92 Å². The third-order valence-corrected chi connectivity index (χ3v) is 2.77. The average molecular weight is 229 g/mol. The van der Waals surface area contributed by atoms with Crippen LogP contribution in [0.5, 0.6) is 0 Å². The molecule has 1 heterocycles. The van der Waals surface area contributed by atoms with Crippen molar-refractivity contribution in [2.24, 2.45) is 5.92 Å². The Labute approximate surface area is 98.4 Å². The number of nitrogens with zero attached hydrogens (tertiary/aromatic N) is 2. The van der Waals surface area contributed by atoms with E-state index in [-0.39, 0.29) is 29.8 Å². The summed E-state index contributed by atoms with van der Waals surface area (Å²) in [6.07, 6.45) is 0.207. The Morgan fingerprint density at radius 1 is 1.47 bits per heavy atom. The van der Waals surface area contributed by atoms with Gasteiger partial charge in [0.15, 0.2) is 0 Å². The molecule has 1 unspecified atom stereocenters. The van der Waals surface area contributed by atoms with E-state index < -0.39 is 0 Å². The molecule has 1 fully saturated rings. The van der Waals surface area contributed by atoms with E-state index in [2.05, 4.69) is 0 Å². The molecule has 1 aromatic carbocycles. The van der Waals surface area contributed by atoms with Crippen LogP contribution in [0.4, 0.5) is 11.4 Å². The maximum Gasteiger partial charge on any atom is 0.237 e. The van der Waals surface area contributed by atoms with E-state index in [4.69, 9.17) is 11.0 Å². The molecule has 5 heteroatoms. The number of imide groups is 1. The van der Waals surface area contributed by atoms with Gasteiger partial charge in [-0.15, -0.1) is 0 Å². The van der Waals surface area contributed by atoms with Crippen LogP contribution in [-0.4, -0.2) is 11.8 Å². The van der Waals surface area contributed by atoms with Crippen LogP contribution in [0.15, 0.2) is 18.2 Å². The number of amides is 2. The average Bonchev–Trinajstić information content (AvgIpc) is 2.54. The number of carbonyl (C=O) groups excluding carboxylic acids is 2. The summed E-state index contributed by atoms with van der Waals surface area (Å²) in [7, 11) is 0. The predicted octanol–water partition coefficient (Wildman–Crippen LogP) is 1.04. The largest absolute Gasteiger partial charge is 0.397 e. The van der Waals surface area contributed by atoms with E-state index in [9.17, 15) is 9.59 Å². The molecule has 1 atom stereocenters. The topological polar surface area (TPSA) is 87.2 Å². The number of hydrogen-bond acceptors (Lipinski definition) is 4. The van der Waals surface area contributed by atoms with E-state index in [0.29, 0.717) is 11.3 Å². The van der Waals surface area contributed by atoms with Crippen LogP contribution >= 0.6 is 0 Å². The molecule has 17 heavy (non-hydrogen) atoms. The minimum absolute atomic E-state index is 0.207. The SMILES string of the molecule is CC1CC(=O)N(c2ccc(C#N)cc2N)C1=O. The molecular formula is C12H11N3O2. The molecule has 2 rings (SSSR count). The number of carbonyl (C=O) groups is 2. The van der Waals surface area contributed by atoms with Crippen LogP contribution in [0, 0.1) is 17.2 Å². The zero-order chi connectivity index (χ0) is 12.6. The first-order valence-electron chi connectivity index (χ1n) is 5.21. The molecule has 86 valence electrons. The Morgan fingerprint density at radius 3 is 2.65 bits per heavy atom. The lowest BCUT2D eigenvalue weighted by Crippen LogP contribution is -2.30. The molecule has 0 aromatic heterocycles. The van der Waals surface area contributed by atoms with Crippen molar-refractivity contribution in [1.29, 1.82) is 5.26 Å². The van der Waals surface area contributed by atoms with Gasteiger partial charge >= 0.3 is 0 Å². The number of nitrogens with two attached hydrogens (primary N) is 1. The summed E-state index contributed by atoms with van der Waals surface area (Å²) < 4.78 is 0. The van der Waals surface area contributed by atoms with Crippen LogP contribution in [0.2, 0.25) is 0 Å². The van der Waals surface area contributed by atoms with Crippen molar-refractivity contribution in [1.82, 2.24) is 0 Å². The highest BCUT2D eigenvalue weighted by atomic mass is 16.2. The van der Waals surface area contributed by atoms with Crippen LogP contribution in [0.25, 0.3) is 0 Å². The number of anilines is 2. The first-order chi connectivity index (χ1) is 8.04. The smallest absolute Gasteiger partial charge is 0.237 e. The van der Waals surface area contributed by atoms with E-state index in [1.807, 2.05) is 6.07 Å². The van der Waals surface area contributed by atoms with Gasteiger partial charge < -0.3 is 5.73 Å². The van der Waals surface area contributed by atoms with Gasteiger partial charge in [-0.2, -0.15) is 5.26 Å². The summed E-state index contributed by atoms with van der Waals surface area (Å²) in [5, 5.41) is 8.71. The summed E-state index contributed by atoms with van der Waals surface area (Å²) in [4.78, 5) is 24.6. The molecule has 1 aromatic rings. The molecule has 0 saturated carbocycles. The summed E-state index contributed by atoms with van der Waals surface area (Å²) in [6.45, 7) is 1.71. The van der Waals surface area contributed by atoms with Gasteiger partial charge in [-0.1, -0.05) is 6.92 Å². The molecule has 0 spiro atoms. The molecule has 1 aliphatic rings. The highest BCUT2D eigenvalue weighted by Crippen LogP contribution is 2.31. The first kappa shape index (κ1) is 11.1. The van der Waals surface area contributed by atoms with Crippen LogP contribution in [0.1, 0.15) is 18.9 Å². The Bertz CT molecular complexity index is 545. The molecular weight excluding hydrogens is 218 g/mol. The fourth-order valence-electron chi connectivity index (χ4n) is 1.86. The monoisotopic (exact) mass is 229 g/mol. The van der Waals surface area contributed by atoms with Gasteiger partial charge in [0, 0.05) is 12.3 Å². The molecule has 1 saturated heterocycles. The lowest BCUT2D eigenvalue weighted by molar-refractivity contribution is -0.122. The minimum atomic E-state index is -0.308.